The molecule has 0 bridgehead atoms. The zero-order chi connectivity index (χ0) is 12.6. The van der Waals surface area contributed by atoms with Crippen LogP contribution in [-0.4, -0.2) is 42.0 Å². The fourth-order valence-corrected chi connectivity index (χ4v) is 1.54. The standard InChI is InChI=1S/C11H23N3OS/c1-9(2)14(8-6-10(12)16)7-4-5-11(15)13-3/h9H,4-8H2,1-3H3,(H2,12,16)(H,13,15). The summed E-state index contributed by atoms with van der Waals surface area (Å²) in [5.41, 5.74) is 5.48. The number of hydrogen-bond donors (Lipinski definition) is 2. The average molecular weight is 245 g/mol. The molecule has 0 heterocycles. The van der Waals surface area contributed by atoms with E-state index in [2.05, 4.69) is 24.1 Å². The summed E-state index contributed by atoms with van der Waals surface area (Å²) >= 11 is 4.86. The van der Waals surface area contributed by atoms with Crippen molar-refractivity contribution in [1.29, 1.82) is 0 Å². The number of carbonyl (C=O) groups is 1. The molecule has 0 aliphatic rings. The van der Waals surface area contributed by atoms with Gasteiger partial charge in [0.15, 0.2) is 0 Å². The summed E-state index contributed by atoms with van der Waals surface area (Å²) in [4.78, 5) is 13.9. The van der Waals surface area contributed by atoms with Crippen molar-refractivity contribution in [3.05, 3.63) is 0 Å². The summed E-state index contributed by atoms with van der Waals surface area (Å²) in [6.07, 6.45) is 2.19. The highest BCUT2D eigenvalue weighted by Gasteiger charge is 2.10. The van der Waals surface area contributed by atoms with Gasteiger partial charge < -0.3 is 16.0 Å². The zero-order valence-electron chi connectivity index (χ0n) is 10.5. The van der Waals surface area contributed by atoms with E-state index in [0.717, 1.165) is 25.9 Å². The van der Waals surface area contributed by atoms with E-state index in [1.165, 1.54) is 0 Å². The molecule has 0 radical (unpaired) electrons. The van der Waals surface area contributed by atoms with Gasteiger partial charge in [0.25, 0.3) is 0 Å². The zero-order valence-corrected chi connectivity index (χ0v) is 11.3. The lowest BCUT2D eigenvalue weighted by Crippen LogP contribution is -2.35. The quantitative estimate of drug-likeness (QED) is 0.624. The first-order chi connectivity index (χ1) is 7.47. The summed E-state index contributed by atoms with van der Waals surface area (Å²) in [5, 5.41) is 2.62. The van der Waals surface area contributed by atoms with Gasteiger partial charge in [-0.15, -0.1) is 0 Å². The molecule has 0 aliphatic carbocycles. The van der Waals surface area contributed by atoms with E-state index in [1.54, 1.807) is 7.05 Å². The van der Waals surface area contributed by atoms with E-state index in [9.17, 15) is 4.79 Å². The van der Waals surface area contributed by atoms with Crippen molar-refractivity contribution in [2.24, 2.45) is 5.73 Å². The molecule has 0 spiro atoms. The monoisotopic (exact) mass is 245 g/mol. The fourth-order valence-electron chi connectivity index (χ4n) is 1.45. The van der Waals surface area contributed by atoms with Gasteiger partial charge >= 0.3 is 0 Å². The summed E-state index contributed by atoms with van der Waals surface area (Å²) < 4.78 is 0. The maximum absolute atomic E-state index is 11.1. The molecule has 4 nitrogen and oxygen atoms in total. The Morgan fingerprint density at radius 3 is 2.44 bits per heavy atom. The summed E-state index contributed by atoms with van der Waals surface area (Å²) in [6, 6.07) is 0.457. The van der Waals surface area contributed by atoms with Crippen molar-refractivity contribution in [3.8, 4) is 0 Å². The Morgan fingerprint density at radius 2 is 2.00 bits per heavy atom. The van der Waals surface area contributed by atoms with Crippen LogP contribution in [0.5, 0.6) is 0 Å². The summed E-state index contributed by atoms with van der Waals surface area (Å²) in [5.74, 6) is 0.0954. The molecule has 1 amide bonds. The number of thiocarbonyl (C=S) groups is 1. The first-order valence-corrected chi connectivity index (χ1v) is 6.11. The second kappa shape index (κ2) is 8.47. The lowest BCUT2D eigenvalue weighted by molar-refractivity contribution is -0.120. The molecule has 0 aromatic carbocycles. The second-order valence-corrected chi connectivity index (χ2v) is 4.65. The molecule has 94 valence electrons. The fraction of sp³-hybridized carbons (Fsp3) is 0.818. The molecule has 0 atom stereocenters. The third kappa shape index (κ3) is 7.59. The van der Waals surface area contributed by atoms with Crippen molar-refractivity contribution < 1.29 is 4.79 Å². The Balaban J connectivity index is 3.85. The molecule has 3 N–H and O–H groups in total. The number of carbonyl (C=O) groups excluding carboxylic acids is 1. The van der Waals surface area contributed by atoms with Crippen LogP contribution in [0.15, 0.2) is 0 Å². The molecule has 5 heteroatoms. The third-order valence-corrected chi connectivity index (χ3v) is 2.71. The summed E-state index contributed by atoms with van der Waals surface area (Å²) in [7, 11) is 1.66. The SMILES string of the molecule is CNC(=O)CCCN(CCC(N)=S)C(C)C. The molecule has 0 saturated heterocycles. The van der Waals surface area contributed by atoms with E-state index in [1.807, 2.05) is 0 Å². The number of nitrogens with one attached hydrogen (secondary N) is 1. The van der Waals surface area contributed by atoms with Crippen LogP contribution in [0.3, 0.4) is 0 Å². The first kappa shape index (κ1) is 15.3. The van der Waals surface area contributed by atoms with Gasteiger partial charge in [0.2, 0.25) is 5.91 Å². The number of rotatable bonds is 8. The van der Waals surface area contributed by atoms with Crippen LogP contribution in [-0.2, 0) is 4.79 Å². The van der Waals surface area contributed by atoms with Crippen molar-refractivity contribution >= 4 is 23.1 Å². The Hall–Kier alpha value is -0.680. The number of hydrogen-bond acceptors (Lipinski definition) is 3. The molecule has 0 aromatic heterocycles. The van der Waals surface area contributed by atoms with Gasteiger partial charge in [-0.05, 0) is 26.8 Å². The van der Waals surface area contributed by atoms with Crippen LogP contribution in [0.25, 0.3) is 0 Å². The highest BCUT2D eigenvalue weighted by Crippen LogP contribution is 2.03. The lowest BCUT2D eigenvalue weighted by Gasteiger charge is -2.26. The molecule has 0 unspecified atom stereocenters. The van der Waals surface area contributed by atoms with E-state index in [0.29, 0.717) is 17.5 Å². The van der Waals surface area contributed by atoms with Gasteiger partial charge in [-0.1, -0.05) is 12.2 Å². The van der Waals surface area contributed by atoms with Crippen LogP contribution in [0.4, 0.5) is 0 Å². The van der Waals surface area contributed by atoms with E-state index in [4.69, 9.17) is 18.0 Å². The minimum atomic E-state index is 0.0954. The highest BCUT2D eigenvalue weighted by molar-refractivity contribution is 7.80. The second-order valence-electron chi connectivity index (χ2n) is 4.12. The number of nitrogens with zero attached hydrogens (tertiary/aromatic N) is 1. The number of amides is 1. The molecule has 0 aliphatic heterocycles. The maximum atomic E-state index is 11.1. The van der Waals surface area contributed by atoms with Crippen molar-refractivity contribution in [1.82, 2.24) is 10.2 Å². The highest BCUT2D eigenvalue weighted by atomic mass is 32.1. The van der Waals surface area contributed by atoms with E-state index < -0.39 is 0 Å². The van der Waals surface area contributed by atoms with Crippen molar-refractivity contribution in [2.75, 3.05) is 20.1 Å². The minimum absolute atomic E-state index is 0.0954. The van der Waals surface area contributed by atoms with E-state index >= 15 is 0 Å². The lowest BCUT2D eigenvalue weighted by atomic mass is 10.2. The third-order valence-electron chi connectivity index (χ3n) is 2.50. The normalized spacial score (nSPS) is 10.8. The Morgan fingerprint density at radius 1 is 1.38 bits per heavy atom. The van der Waals surface area contributed by atoms with E-state index in [-0.39, 0.29) is 5.91 Å². The predicted molar refractivity (Wildman–Crippen MR) is 71.4 cm³/mol. The van der Waals surface area contributed by atoms with Crippen LogP contribution in [0.1, 0.15) is 33.1 Å². The van der Waals surface area contributed by atoms with Gasteiger partial charge in [0, 0.05) is 32.5 Å². The minimum Gasteiger partial charge on any atom is -0.393 e. The van der Waals surface area contributed by atoms with Gasteiger partial charge in [-0.3, -0.25) is 4.79 Å². The molecule has 0 saturated carbocycles. The summed E-state index contributed by atoms with van der Waals surface area (Å²) in [6.45, 7) is 6.06. The van der Waals surface area contributed by atoms with Crippen LogP contribution in [0, 0.1) is 0 Å². The van der Waals surface area contributed by atoms with Gasteiger partial charge in [-0.25, -0.2) is 0 Å². The smallest absolute Gasteiger partial charge is 0.219 e. The van der Waals surface area contributed by atoms with Gasteiger partial charge in [0.1, 0.15) is 0 Å². The Labute approximate surface area is 104 Å². The molecular formula is C11H23N3OS. The molecule has 0 fully saturated rings. The molecular weight excluding hydrogens is 222 g/mol. The Kier molecular flexibility index (Phi) is 8.11. The number of nitrogens with two attached hydrogens (primary N) is 1. The predicted octanol–water partition coefficient (Wildman–Crippen LogP) is 0.899. The molecule has 0 aromatic rings. The largest absolute Gasteiger partial charge is 0.393 e. The van der Waals surface area contributed by atoms with Gasteiger partial charge in [0.05, 0.1) is 4.99 Å². The van der Waals surface area contributed by atoms with Gasteiger partial charge in [-0.2, -0.15) is 0 Å². The maximum Gasteiger partial charge on any atom is 0.219 e. The topological polar surface area (TPSA) is 58.4 Å². The van der Waals surface area contributed by atoms with Crippen molar-refractivity contribution in [3.63, 3.8) is 0 Å². The molecule has 16 heavy (non-hydrogen) atoms. The first-order valence-electron chi connectivity index (χ1n) is 5.70. The average Bonchev–Trinajstić information content (AvgIpc) is 2.21. The van der Waals surface area contributed by atoms with Crippen molar-refractivity contribution in [2.45, 2.75) is 39.2 Å². The molecule has 0 rings (SSSR count). The van der Waals surface area contributed by atoms with Crippen LogP contribution >= 0.6 is 12.2 Å². The Bertz CT molecular complexity index is 231. The van der Waals surface area contributed by atoms with Crippen LogP contribution < -0.4 is 11.1 Å². The van der Waals surface area contributed by atoms with Crippen LogP contribution in [0.2, 0.25) is 0 Å².